The van der Waals surface area contributed by atoms with E-state index >= 15 is 0 Å². The number of aromatic nitrogens is 2. The topological polar surface area (TPSA) is 64.0 Å². The van der Waals surface area contributed by atoms with Gasteiger partial charge in [0.25, 0.3) is 5.56 Å². The highest BCUT2D eigenvalue weighted by atomic mass is 79.9. The fourth-order valence-electron chi connectivity index (χ4n) is 3.45. The number of hydrogen-bond donors (Lipinski definition) is 1. The molecule has 1 aliphatic carbocycles. The molecule has 1 aromatic carbocycles. The van der Waals surface area contributed by atoms with E-state index < -0.39 is 0 Å². The van der Waals surface area contributed by atoms with Crippen molar-refractivity contribution in [1.29, 1.82) is 0 Å². The van der Waals surface area contributed by atoms with Gasteiger partial charge in [0.1, 0.15) is 0 Å². The van der Waals surface area contributed by atoms with E-state index in [2.05, 4.69) is 26.2 Å². The lowest BCUT2D eigenvalue weighted by Gasteiger charge is -2.14. The number of amides is 1. The van der Waals surface area contributed by atoms with E-state index in [9.17, 15) is 9.59 Å². The average molecular weight is 420 g/mol. The van der Waals surface area contributed by atoms with Gasteiger partial charge >= 0.3 is 0 Å². The number of nitrogens with one attached hydrogen (secondary N) is 1. The maximum absolute atomic E-state index is 12.8. The third-order valence-corrected chi connectivity index (χ3v) is 6.72. The molecule has 4 rings (SSSR count). The Morgan fingerprint density at radius 2 is 2.28 bits per heavy atom. The molecule has 130 valence electrons. The number of nitrogens with zero attached hydrogens (tertiary/aromatic N) is 2. The standard InChI is InChI=1S/C18H18BrN3O2S/c1-10-7-11(5-6-14(10)19)20-16(23)8-12-9-25-18-21-15-4-2-3-13(15)17(24)22(12)18/h5-7,12H,2-4,8-9H2,1H3,(H,20,23). The van der Waals surface area contributed by atoms with E-state index in [-0.39, 0.29) is 23.9 Å². The maximum atomic E-state index is 12.8. The number of rotatable bonds is 3. The highest BCUT2D eigenvalue weighted by Crippen LogP contribution is 2.34. The summed E-state index contributed by atoms with van der Waals surface area (Å²) in [5.74, 6) is 0.644. The van der Waals surface area contributed by atoms with Crippen molar-refractivity contribution in [3.63, 3.8) is 0 Å². The summed E-state index contributed by atoms with van der Waals surface area (Å²) >= 11 is 5.03. The monoisotopic (exact) mass is 419 g/mol. The van der Waals surface area contributed by atoms with Crippen LogP contribution in [0, 0.1) is 6.92 Å². The number of halogens is 1. The first-order valence-corrected chi connectivity index (χ1v) is 10.1. The number of carbonyl (C=O) groups is 1. The van der Waals surface area contributed by atoms with Crippen LogP contribution < -0.4 is 10.9 Å². The molecule has 1 aliphatic heterocycles. The Morgan fingerprint density at radius 3 is 3.08 bits per heavy atom. The van der Waals surface area contributed by atoms with Gasteiger partial charge in [0.05, 0.1) is 11.7 Å². The summed E-state index contributed by atoms with van der Waals surface area (Å²) < 4.78 is 2.75. The Balaban J connectivity index is 1.52. The van der Waals surface area contributed by atoms with Gasteiger partial charge in [-0.25, -0.2) is 4.98 Å². The second-order valence-electron chi connectivity index (χ2n) is 6.53. The van der Waals surface area contributed by atoms with Crippen LogP contribution in [0.1, 0.15) is 35.7 Å². The Bertz CT molecular complexity index is 925. The smallest absolute Gasteiger partial charge is 0.257 e. The molecule has 0 spiro atoms. The molecule has 2 aliphatic rings. The molecule has 7 heteroatoms. The third-order valence-electron chi connectivity index (χ3n) is 4.74. The summed E-state index contributed by atoms with van der Waals surface area (Å²) in [5, 5.41) is 3.70. The lowest BCUT2D eigenvalue weighted by molar-refractivity contribution is -0.116. The maximum Gasteiger partial charge on any atom is 0.257 e. The van der Waals surface area contributed by atoms with Gasteiger partial charge in [-0.1, -0.05) is 27.7 Å². The molecule has 1 atom stereocenters. The van der Waals surface area contributed by atoms with Crippen molar-refractivity contribution < 1.29 is 4.79 Å². The summed E-state index contributed by atoms with van der Waals surface area (Å²) in [6.45, 7) is 1.98. The highest BCUT2D eigenvalue weighted by Gasteiger charge is 2.31. The number of hydrogen-bond acceptors (Lipinski definition) is 4. The average Bonchev–Trinajstić information content (AvgIpc) is 3.19. The molecular formula is C18H18BrN3O2S. The van der Waals surface area contributed by atoms with Crippen LogP contribution in [0.15, 0.2) is 32.6 Å². The van der Waals surface area contributed by atoms with Crippen molar-refractivity contribution >= 4 is 39.3 Å². The quantitative estimate of drug-likeness (QED) is 0.773. The minimum Gasteiger partial charge on any atom is -0.326 e. The number of anilines is 1. The zero-order chi connectivity index (χ0) is 17.6. The van der Waals surface area contributed by atoms with Gasteiger partial charge < -0.3 is 5.32 Å². The molecule has 1 amide bonds. The fraction of sp³-hybridized carbons (Fsp3) is 0.389. The van der Waals surface area contributed by atoms with Gasteiger partial charge in [0.2, 0.25) is 5.91 Å². The minimum atomic E-state index is -0.123. The fourth-order valence-corrected chi connectivity index (χ4v) is 4.85. The number of carbonyl (C=O) groups excluding carboxylic acids is 1. The molecule has 0 saturated heterocycles. The zero-order valence-electron chi connectivity index (χ0n) is 13.8. The Hall–Kier alpha value is -1.60. The van der Waals surface area contributed by atoms with E-state index in [0.717, 1.165) is 57.2 Å². The van der Waals surface area contributed by atoms with Gasteiger partial charge in [-0.3, -0.25) is 14.2 Å². The molecule has 2 aromatic rings. The third kappa shape index (κ3) is 3.15. The second-order valence-corrected chi connectivity index (χ2v) is 8.37. The van der Waals surface area contributed by atoms with E-state index in [1.807, 2.05) is 25.1 Å². The van der Waals surface area contributed by atoms with Crippen LogP contribution in [0.5, 0.6) is 0 Å². The van der Waals surface area contributed by atoms with Crippen LogP contribution in [-0.2, 0) is 17.6 Å². The first kappa shape index (κ1) is 16.8. The summed E-state index contributed by atoms with van der Waals surface area (Å²) in [4.78, 5) is 29.9. The molecule has 0 saturated carbocycles. The second kappa shape index (κ2) is 6.61. The molecule has 1 aromatic heterocycles. The van der Waals surface area contributed by atoms with Crippen LogP contribution in [0.3, 0.4) is 0 Å². The Morgan fingerprint density at radius 1 is 1.44 bits per heavy atom. The Kier molecular flexibility index (Phi) is 4.45. The Labute approximate surface area is 158 Å². The summed E-state index contributed by atoms with van der Waals surface area (Å²) in [6.07, 6.45) is 2.99. The number of benzene rings is 1. The van der Waals surface area contributed by atoms with Gasteiger partial charge in [0.15, 0.2) is 5.16 Å². The van der Waals surface area contributed by atoms with Crippen LogP contribution in [0.25, 0.3) is 0 Å². The van der Waals surface area contributed by atoms with E-state index in [0.29, 0.717) is 0 Å². The van der Waals surface area contributed by atoms with Crippen molar-refractivity contribution in [2.24, 2.45) is 0 Å². The lowest BCUT2D eigenvalue weighted by Crippen LogP contribution is -2.30. The molecule has 1 unspecified atom stereocenters. The van der Waals surface area contributed by atoms with Crippen LogP contribution in [-0.4, -0.2) is 21.2 Å². The molecule has 0 fully saturated rings. The largest absolute Gasteiger partial charge is 0.326 e. The van der Waals surface area contributed by atoms with Crippen LogP contribution in [0.2, 0.25) is 0 Å². The van der Waals surface area contributed by atoms with Crippen LogP contribution in [0.4, 0.5) is 5.69 Å². The normalized spacial score (nSPS) is 18.1. The van der Waals surface area contributed by atoms with Gasteiger partial charge in [-0.05, 0) is 49.9 Å². The predicted molar refractivity (Wildman–Crippen MR) is 102 cm³/mol. The molecule has 25 heavy (non-hydrogen) atoms. The van der Waals surface area contributed by atoms with Gasteiger partial charge in [-0.15, -0.1) is 0 Å². The van der Waals surface area contributed by atoms with Crippen LogP contribution >= 0.6 is 27.7 Å². The summed E-state index contributed by atoms with van der Waals surface area (Å²) in [7, 11) is 0. The first-order chi connectivity index (χ1) is 12.0. The molecule has 2 heterocycles. The number of fused-ring (bicyclic) bond motifs is 2. The summed E-state index contributed by atoms with van der Waals surface area (Å²) in [5.41, 5.74) is 3.70. The van der Waals surface area contributed by atoms with Crippen molar-refractivity contribution in [3.8, 4) is 0 Å². The predicted octanol–water partition coefficient (Wildman–Crippen LogP) is 3.48. The molecule has 0 bridgehead atoms. The molecule has 5 nitrogen and oxygen atoms in total. The van der Waals surface area contributed by atoms with Crippen molar-refractivity contribution in [2.75, 3.05) is 11.1 Å². The minimum absolute atomic E-state index is 0.0554. The molecule has 1 N–H and O–H groups in total. The first-order valence-electron chi connectivity index (χ1n) is 8.36. The summed E-state index contributed by atoms with van der Waals surface area (Å²) in [6, 6.07) is 5.60. The van der Waals surface area contributed by atoms with Gasteiger partial charge in [0, 0.05) is 27.9 Å². The zero-order valence-corrected chi connectivity index (χ0v) is 16.2. The SMILES string of the molecule is Cc1cc(NC(=O)CC2CSc3nc4c(c(=O)n32)CCC4)ccc1Br. The lowest BCUT2D eigenvalue weighted by atomic mass is 10.2. The highest BCUT2D eigenvalue weighted by molar-refractivity contribution is 9.10. The number of thioether (sulfide) groups is 1. The molecular weight excluding hydrogens is 402 g/mol. The van der Waals surface area contributed by atoms with E-state index in [1.54, 1.807) is 16.3 Å². The van der Waals surface area contributed by atoms with Gasteiger partial charge in [-0.2, -0.15) is 0 Å². The van der Waals surface area contributed by atoms with Crippen molar-refractivity contribution in [2.45, 2.75) is 43.8 Å². The van der Waals surface area contributed by atoms with Crippen molar-refractivity contribution in [3.05, 3.63) is 49.8 Å². The van der Waals surface area contributed by atoms with E-state index in [1.165, 1.54) is 0 Å². The van der Waals surface area contributed by atoms with E-state index in [4.69, 9.17) is 0 Å². The van der Waals surface area contributed by atoms with Crippen molar-refractivity contribution in [1.82, 2.24) is 9.55 Å². The number of aryl methyl sites for hydroxylation is 2. The molecule has 0 radical (unpaired) electrons.